The summed E-state index contributed by atoms with van der Waals surface area (Å²) in [7, 11) is 1.42. The zero-order valence-electron chi connectivity index (χ0n) is 18.9. The molecule has 4 rings (SSSR count). The smallest absolute Gasteiger partial charge is 0.407 e. The van der Waals surface area contributed by atoms with Gasteiger partial charge in [-0.3, -0.25) is 4.79 Å². The molecule has 1 fully saturated rings. The highest BCUT2D eigenvalue weighted by molar-refractivity contribution is 5.86. The van der Waals surface area contributed by atoms with Gasteiger partial charge in [0.25, 0.3) is 0 Å². The number of alkyl carbamates (subject to hydrolysis) is 1. The predicted octanol–water partition coefficient (Wildman–Crippen LogP) is 2.15. The summed E-state index contributed by atoms with van der Waals surface area (Å²) in [5.41, 5.74) is 4.43. The third kappa shape index (κ3) is 5.05. The van der Waals surface area contributed by atoms with E-state index in [2.05, 4.69) is 22.8 Å². The molecule has 1 saturated heterocycles. The van der Waals surface area contributed by atoms with Gasteiger partial charge in [0, 0.05) is 32.1 Å². The van der Waals surface area contributed by atoms with E-state index >= 15 is 0 Å². The van der Waals surface area contributed by atoms with E-state index in [0.717, 1.165) is 22.3 Å². The Balaban J connectivity index is 1.33. The van der Waals surface area contributed by atoms with E-state index in [1.54, 1.807) is 0 Å². The Bertz CT molecular complexity index is 1010. The van der Waals surface area contributed by atoms with Crippen LogP contribution in [0.1, 0.15) is 23.5 Å². The topological polar surface area (TPSA) is 123 Å². The van der Waals surface area contributed by atoms with Gasteiger partial charge in [-0.1, -0.05) is 48.5 Å². The number of nitrogens with one attached hydrogen (secondary N) is 2. The number of methoxy groups -OCH3 is 1. The molecule has 3 atom stereocenters. The summed E-state index contributed by atoms with van der Waals surface area (Å²) in [5.74, 6) is -1.96. The highest BCUT2D eigenvalue weighted by Gasteiger charge is 2.35. The molecule has 1 aliphatic carbocycles. The fraction of sp³-hybridized carbons (Fsp3) is 0.400. The lowest BCUT2D eigenvalue weighted by molar-refractivity contribution is -0.149. The van der Waals surface area contributed by atoms with E-state index < -0.39 is 30.1 Å². The first-order valence-corrected chi connectivity index (χ1v) is 11.2. The van der Waals surface area contributed by atoms with Crippen molar-refractivity contribution in [3.05, 3.63) is 59.7 Å². The normalized spacial score (nSPS) is 19.7. The maximum atomic E-state index is 12.6. The number of amides is 2. The molecule has 0 radical (unpaired) electrons. The second kappa shape index (κ2) is 10.7. The Hall–Kier alpha value is -3.43. The van der Waals surface area contributed by atoms with E-state index in [-0.39, 0.29) is 31.6 Å². The summed E-state index contributed by atoms with van der Waals surface area (Å²) in [5, 5.41) is 14.4. The predicted molar refractivity (Wildman–Crippen MR) is 122 cm³/mol. The number of benzene rings is 2. The van der Waals surface area contributed by atoms with Crippen LogP contribution in [0, 0.1) is 5.92 Å². The summed E-state index contributed by atoms with van der Waals surface area (Å²) >= 11 is 0. The molecule has 1 unspecified atom stereocenters. The zero-order chi connectivity index (χ0) is 24.1. The van der Waals surface area contributed by atoms with Crippen molar-refractivity contribution in [1.29, 1.82) is 0 Å². The minimum Gasteiger partial charge on any atom is -0.479 e. The SMILES string of the molecule is COCC(NC(=O)OCC1c2ccccc2-c2ccccc21)C(=O)NC[C@@H]1CCO[C@@H]1C(=O)O. The molecule has 9 heteroatoms. The van der Waals surface area contributed by atoms with Gasteiger partial charge in [0.2, 0.25) is 5.91 Å². The largest absolute Gasteiger partial charge is 0.479 e. The number of ether oxygens (including phenoxy) is 3. The van der Waals surface area contributed by atoms with Crippen molar-refractivity contribution in [2.24, 2.45) is 5.92 Å². The molecule has 0 saturated carbocycles. The van der Waals surface area contributed by atoms with Crippen molar-refractivity contribution in [1.82, 2.24) is 10.6 Å². The fourth-order valence-corrected chi connectivity index (χ4v) is 4.60. The number of carboxylic acids is 1. The number of hydrogen-bond acceptors (Lipinski definition) is 6. The molecule has 9 nitrogen and oxygen atoms in total. The molecular weight excluding hydrogens is 440 g/mol. The number of aliphatic carboxylic acids is 1. The Morgan fingerprint density at radius 2 is 1.74 bits per heavy atom. The number of carboxylic acid groups (broad SMARTS) is 1. The van der Waals surface area contributed by atoms with Gasteiger partial charge in [-0.05, 0) is 28.7 Å². The summed E-state index contributed by atoms with van der Waals surface area (Å²) < 4.78 is 15.8. The van der Waals surface area contributed by atoms with Gasteiger partial charge in [-0.15, -0.1) is 0 Å². The quantitative estimate of drug-likeness (QED) is 0.515. The van der Waals surface area contributed by atoms with E-state index in [4.69, 9.17) is 14.2 Å². The molecule has 180 valence electrons. The number of rotatable bonds is 9. The first-order chi connectivity index (χ1) is 16.5. The highest BCUT2D eigenvalue weighted by Crippen LogP contribution is 2.44. The van der Waals surface area contributed by atoms with Crippen LogP contribution in [0.4, 0.5) is 4.79 Å². The van der Waals surface area contributed by atoms with Crippen LogP contribution >= 0.6 is 0 Å². The highest BCUT2D eigenvalue weighted by atomic mass is 16.5. The van der Waals surface area contributed by atoms with E-state index in [1.807, 2.05) is 36.4 Å². The lowest BCUT2D eigenvalue weighted by Crippen LogP contribution is -2.51. The van der Waals surface area contributed by atoms with Crippen molar-refractivity contribution >= 4 is 18.0 Å². The van der Waals surface area contributed by atoms with Gasteiger partial charge in [-0.25, -0.2) is 9.59 Å². The molecule has 2 aromatic carbocycles. The lowest BCUT2D eigenvalue weighted by Gasteiger charge is -2.21. The van der Waals surface area contributed by atoms with Crippen LogP contribution in [-0.4, -0.2) is 68.7 Å². The Kier molecular flexibility index (Phi) is 7.44. The number of carbonyl (C=O) groups is 3. The standard InChI is InChI=1S/C25H28N2O7/c1-32-14-21(23(28)26-12-15-10-11-33-22(15)24(29)30)27-25(31)34-13-20-18-8-4-2-6-16(18)17-7-3-5-9-19(17)20/h2-9,15,20-22H,10-14H2,1H3,(H,26,28)(H,27,31)(H,29,30)/t15-,21?,22-/m0/s1. The number of fused-ring (bicyclic) bond motifs is 3. The molecule has 3 N–H and O–H groups in total. The van der Waals surface area contributed by atoms with Crippen LogP contribution in [0.2, 0.25) is 0 Å². The Labute approximate surface area is 197 Å². The zero-order valence-corrected chi connectivity index (χ0v) is 18.9. The average molecular weight is 469 g/mol. The maximum absolute atomic E-state index is 12.6. The first-order valence-electron chi connectivity index (χ1n) is 11.2. The fourth-order valence-electron chi connectivity index (χ4n) is 4.60. The van der Waals surface area contributed by atoms with Crippen LogP contribution in [0.25, 0.3) is 11.1 Å². The second-order valence-corrected chi connectivity index (χ2v) is 8.40. The van der Waals surface area contributed by atoms with Crippen LogP contribution in [-0.2, 0) is 23.8 Å². The monoisotopic (exact) mass is 468 g/mol. The molecule has 2 aromatic rings. The van der Waals surface area contributed by atoms with Crippen LogP contribution in [0.3, 0.4) is 0 Å². The second-order valence-electron chi connectivity index (χ2n) is 8.40. The van der Waals surface area contributed by atoms with Crippen LogP contribution in [0.15, 0.2) is 48.5 Å². The first kappa shape index (κ1) is 23.7. The Morgan fingerprint density at radius 3 is 2.35 bits per heavy atom. The van der Waals surface area contributed by atoms with Crippen molar-refractivity contribution in [2.45, 2.75) is 24.5 Å². The molecular formula is C25H28N2O7. The molecule has 2 amide bonds. The summed E-state index contributed by atoms with van der Waals surface area (Å²) in [4.78, 5) is 36.4. The van der Waals surface area contributed by atoms with Crippen molar-refractivity contribution in [3.63, 3.8) is 0 Å². The number of carbonyl (C=O) groups excluding carboxylic acids is 2. The molecule has 34 heavy (non-hydrogen) atoms. The van der Waals surface area contributed by atoms with Gasteiger partial charge in [0.1, 0.15) is 12.6 Å². The minimum absolute atomic E-state index is 0.0560. The summed E-state index contributed by atoms with van der Waals surface area (Å²) in [6, 6.07) is 15.1. The van der Waals surface area contributed by atoms with Crippen molar-refractivity contribution in [3.8, 4) is 11.1 Å². The average Bonchev–Trinajstić information content (AvgIpc) is 3.44. The molecule has 1 heterocycles. The molecule has 1 aliphatic heterocycles. The molecule has 2 aliphatic rings. The van der Waals surface area contributed by atoms with Crippen LogP contribution in [0.5, 0.6) is 0 Å². The van der Waals surface area contributed by atoms with E-state index in [9.17, 15) is 19.5 Å². The summed E-state index contributed by atoms with van der Waals surface area (Å²) in [6.45, 7) is 0.528. The van der Waals surface area contributed by atoms with Gasteiger partial charge < -0.3 is 30.0 Å². The minimum atomic E-state index is -1.05. The Morgan fingerprint density at radius 1 is 1.09 bits per heavy atom. The van der Waals surface area contributed by atoms with Crippen molar-refractivity contribution in [2.75, 3.05) is 33.5 Å². The van der Waals surface area contributed by atoms with Gasteiger partial charge in [0.05, 0.1) is 6.61 Å². The third-order valence-electron chi connectivity index (χ3n) is 6.28. The molecule has 0 aromatic heterocycles. The maximum Gasteiger partial charge on any atom is 0.407 e. The molecule has 0 bridgehead atoms. The van der Waals surface area contributed by atoms with Gasteiger partial charge in [-0.2, -0.15) is 0 Å². The third-order valence-corrected chi connectivity index (χ3v) is 6.28. The summed E-state index contributed by atoms with van der Waals surface area (Å²) in [6.07, 6.45) is -1.14. The van der Waals surface area contributed by atoms with E-state index in [1.165, 1.54) is 7.11 Å². The van der Waals surface area contributed by atoms with E-state index in [0.29, 0.717) is 13.0 Å². The number of hydrogen-bond donors (Lipinski definition) is 3. The van der Waals surface area contributed by atoms with Crippen molar-refractivity contribution < 1.29 is 33.7 Å². The van der Waals surface area contributed by atoms with Gasteiger partial charge >= 0.3 is 12.1 Å². The lowest BCUT2D eigenvalue weighted by atomic mass is 9.98. The van der Waals surface area contributed by atoms with Gasteiger partial charge in [0.15, 0.2) is 6.10 Å². The molecule has 0 spiro atoms. The van der Waals surface area contributed by atoms with Crippen LogP contribution < -0.4 is 10.6 Å².